The molecule has 0 bridgehead atoms. The molecular formula is C49H57NO9. The van der Waals surface area contributed by atoms with Gasteiger partial charge < -0.3 is 47.9 Å². The van der Waals surface area contributed by atoms with Gasteiger partial charge in [0.25, 0.3) is 0 Å². The van der Waals surface area contributed by atoms with Gasteiger partial charge in [0.2, 0.25) is 0 Å². The van der Waals surface area contributed by atoms with Crippen molar-refractivity contribution in [3.8, 4) is 11.5 Å². The van der Waals surface area contributed by atoms with E-state index in [0.717, 1.165) is 27.9 Å². The number of hydrogen-bond donors (Lipinski definition) is 1. The number of aliphatic hydroxyl groups is 1. The molecule has 2 saturated heterocycles. The lowest BCUT2D eigenvalue weighted by atomic mass is 9.78. The molecule has 1 N–H and O–H groups in total. The lowest BCUT2D eigenvalue weighted by Crippen LogP contribution is -2.35. The Bertz CT molecular complexity index is 1980. The topological polar surface area (TPSA) is 97.3 Å². The van der Waals surface area contributed by atoms with Crippen molar-refractivity contribution in [3.63, 3.8) is 0 Å². The second-order valence-electron chi connectivity index (χ2n) is 16.9. The number of nitrogens with zero attached hydrogens (tertiary/aromatic N) is 1. The summed E-state index contributed by atoms with van der Waals surface area (Å²) >= 11 is 0. The van der Waals surface area contributed by atoms with Gasteiger partial charge in [-0.2, -0.15) is 0 Å². The van der Waals surface area contributed by atoms with E-state index in [-0.39, 0.29) is 24.4 Å². The van der Waals surface area contributed by atoms with Crippen molar-refractivity contribution in [2.45, 2.75) is 59.0 Å². The highest BCUT2D eigenvalue weighted by molar-refractivity contribution is 5.61. The molecule has 10 heteroatoms. The van der Waals surface area contributed by atoms with E-state index in [9.17, 15) is 5.11 Å². The average molecular weight is 804 g/mol. The van der Waals surface area contributed by atoms with E-state index >= 15 is 0 Å². The molecule has 0 spiro atoms. The van der Waals surface area contributed by atoms with Gasteiger partial charge in [0, 0.05) is 66.1 Å². The molecular weight excluding hydrogens is 747 g/mol. The van der Waals surface area contributed by atoms with Gasteiger partial charge in [-0.3, -0.25) is 0 Å². The monoisotopic (exact) mass is 803 g/mol. The van der Waals surface area contributed by atoms with E-state index in [1.807, 2.05) is 66.7 Å². The Labute approximate surface area is 348 Å². The van der Waals surface area contributed by atoms with E-state index in [4.69, 9.17) is 37.9 Å². The third kappa shape index (κ3) is 10.2. The minimum atomic E-state index is -1.92. The van der Waals surface area contributed by atoms with Gasteiger partial charge in [-0.05, 0) is 53.1 Å². The summed E-state index contributed by atoms with van der Waals surface area (Å²) in [5.41, 5.74) is 3.90. The van der Waals surface area contributed by atoms with Crippen LogP contribution in [0.4, 0.5) is 5.69 Å². The van der Waals surface area contributed by atoms with Crippen LogP contribution in [0.15, 0.2) is 121 Å². The second-order valence-corrected chi connectivity index (χ2v) is 16.9. The Morgan fingerprint density at radius 3 is 1.44 bits per heavy atom. The molecule has 312 valence electrons. The zero-order valence-electron chi connectivity index (χ0n) is 35.0. The standard InChI is InChI=1S/C49H57NO9/c1-47(2)29-54-45(55-30-47)37-20-22-43(58-33-52-5)41(24-37)49(51,42-25-38(21-23-44(42)59-34-53-6)46-56-31-48(3,4)32-57-46)39-18-13-19-40(26-39)50(27-35-14-9-7-10-15-35)28-36-16-11-8-12-17-36/h7-26,45-46,51H,27-34H2,1-6H3. The first kappa shape index (κ1) is 42.3. The predicted molar refractivity (Wildman–Crippen MR) is 226 cm³/mol. The number of methoxy groups -OCH3 is 2. The Hall–Kier alpha value is -4.78. The molecule has 2 heterocycles. The highest BCUT2D eigenvalue weighted by Crippen LogP contribution is 2.48. The summed E-state index contributed by atoms with van der Waals surface area (Å²) in [6.07, 6.45) is -1.33. The molecule has 2 aliphatic rings. The average Bonchev–Trinajstić information content (AvgIpc) is 3.25. The highest BCUT2D eigenvalue weighted by atomic mass is 16.7. The minimum absolute atomic E-state index is 0.0539. The Morgan fingerprint density at radius 2 is 1.02 bits per heavy atom. The van der Waals surface area contributed by atoms with Gasteiger partial charge in [0.15, 0.2) is 26.2 Å². The van der Waals surface area contributed by atoms with Crippen LogP contribution in [0.2, 0.25) is 0 Å². The van der Waals surface area contributed by atoms with E-state index < -0.39 is 18.2 Å². The molecule has 2 aliphatic heterocycles. The fourth-order valence-electron chi connectivity index (χ4n) is 7.45. The van der Waals surface area contributed by atoms with Crippen LogP contribution in [0.25, 0.3) is 0 Å². The van der Waals surface area contributed by atoms with E-state index in [1.165, 1.54) is 0 Å². The second kappa shape index (κ2) is 18.6. The minimum Gasteiger partial charge on any atom is -0.467 e. The number of hydrogen-bond acceptors (Lipinski definition) is 10. The maximum Gasteiger partial charge on any atom is 0.188 e. The molecule has 10 nitrogen and oxygen atoms in total. The number of ether oxygens (including phenoxy) is 8. The molecule has 5 aromatic rings. The van der Waals surface area contributed by atoms with Crippen LogP contribution in [-0.4, -0.2) is 59.3 Å². The molecule has 0 radical (unpaired) electrons. The zero-order valence-corrected chi connectivity index (χ0v) is 35.0. The molecule has 59 heavy (non-hydrogen) atoms. The third-order valence-corrected chi connectivity index (χ3v) is 10.6. The summed E-state index contributed by atoms with van der Waals surface area (Å²) in [6, 6.07) is 40.0. The van der Waals surface area contributed by atoms with Gasteiger partial charge in [0.1, 0.15) is 17.1 Å². The van der Waals surface area contributed by atoms with Crippen molar-refractivity contribution in [2.75, 3.05) is 59.1 Å². The summed E-state index contributed by atoms with van der Waals surface area (Å²) in [4.78, 5) is 2.31. The SMILES string of the molecule is COCOc1ccc(C2OCC(C)(C)CO2)cc1C(O)(c1cccc(N(Cc2ccccc2)Cc2ccccc2)c1)c1cc(C2OCC(C)(C)CO2)ccc1OCOC. The number of anilines is 1. The molecule has 0 atom stereocenters. The zero-order chi connectivity index (χ0) is 41.5. The summed E-state index contributed by atoms with van der Waals surface area (Å²) in [7, 11) is 3.13. The van der Waals surface area contributed by atoms with Crippen molar-refractivity contribution in [2.24, 2.45) is 10.8 Å². The largest absolute Gasteiger partial charge is 0.467 e. The summed E-state index contributed by atoms with van der Waals surface area (Å²) in [5, 5.41) is 14.1. The van der Waals surface area contributed by atoms with Crippen molar-refractivity contribution in [1.29, 1.82) is 0 Å². The summed E-state index contributed by atoms with van der Waals surface area (Å²) < 4.78 is 48.5. The molecule has 0 saturated carbocycles. The van der Waals surface area contributed by atoms with Gasteiger partial charge >= 0.3 is 0 Å². The quantitative estimate of drug-likeness (QED) is 0.0768. The number of rotatable bonds is 16. The van der Waals surface area contributed by atoms with Crippen molar-refractivity contribution in [3.05, 3.63) is 160 Å². The fraction of sp³-hybridized carbons (Fsp3) is 0.388. The first-order chi connectivity index (χ1) is 28.5. The first-order valence-electron chi connectivity index (χ1n) is 20.1. The van der Waals surface area contributed by atoms with Gasteiger partial charge in [0.05, 0.1) is 26.4 Å². The maximum absolute atomic E-state index is 14.1. The van der Waals surface area contributed by atoms with E-state index in [0.29, 0.717) is 67.7 Å². The van der Waals surface area contributed by atoms with Crippen molar-refractivity contribution >= 4 is 5.69 Å². The predicted octanol–water partition coefficient (Wildman–Crippen LogP) is 9.29. The molecule has 2 fully saturated rings. The van der Waals surface area contributed by atoms with Gasteiger partial charge in [-0.25, -0.2) is 0 Å². The normalized spacial score (nSPS) is 17.1. The maximum atomic E-state index is 14.1. The Morgan fingerprint density at radius 1 is 0.576 bits per heavy atom. The Balaban J connectivity index is 1.43. The first-order valence-corrected chi connectivity index (χ1v) is 20.1. The van der Waals surface area contributed by atoms with E-state index in [2.05, 4.69) is 87.2 Å². The molecule has 0 aliphatic carbocycles. The summed E-state index contributed by atoms with van der Waals surface area (Å²) in [5.74, 6) is 0.806. The lowest BCUT2D eigenvalue weighted by molar-refractivity contribution is -0.226. The van der Waals surface area contributed by atoms with Crippen LogP contribution in [0.5, 0.6) is 11.5 Å². The van der Waals surface area contributed by atoms with Crippen LogP contribution in [-0.2, 0) is 47.1 Å². The molecule has 0 amide bonds. The highest BCUT2D eigenvalue weighted by Gasteiger charge is 2.42. The van der Waals surface area contributed by atoms with Crippen molar-refractivity contribution < 1.29 is 43.0 Å². The van der Waals surface area contributed by atoms with Crippen LogP contribution >= 0.6 is 0 Å². The van der Waals surface area contributed by atoms with Crippen LogP contribution < -0.4 is 14.4 Å². The van der Waals surface area contributed by atoms with Crippen molar-refractivity contribution in [1.82, 2.24) is 0 Å². The third-order valence-electron chi connectivity index (χ3n) is 10.6. The smallest absolute Gasteiger partial charge is 0.188 e. The van der Waals surface area contributed by atoms with Crippen LogP contribution in [0, 0.1) is 10.8 Å². The molecule has 5 aromatic carbocycles. The van der Waals surface area contributed by atoms with Gasteiger partial charge in [-0.1, -0.05) is 113 Å². The Kier molecular flexibility index (Phi) is 13.4. The molecule has 0 aromatic heterocycles. The summed E-state index contributed by atoms with van der Waals surface area (Å²) in [6.45, 7) is 11.6. The van der Waals surface area contributed by atoms with Crippen LogP contribution in [0.3, 0.4) is 0 Å². The van der Waals surface area contributed by atoms with Crippen LogP contribution in [0.1, 0.15) is 79.2 Å². The molecule has 7 rings (SSSR count). The lowest BCUT2D eigenvalue weighted by Gasteiger charge is -2.37. The number of benzene rings is 5. The van der Waals surface area contributed by atoms with Gasteiger partial charge in [-0.15, -0.1) is 0 Å². The molecule has 0 unspecified atom stereocenters. The van der Waals surface area contributed by atoms with E-state index in [1.54, 1.807) is 14.2 Å². The fourth-order valence-corrected chi connectivity index (χ4v) is 7.45.